The topological polar surface area (TPSA) is 64.6 Å². The lowest BCUT2D eigenvalue weighted by Crippen LogP contribution is -2.41. The van der Waals surface area contributed by atoms with Crippen molar-refractivity contribution in [2.45, 2.75) is 19.4 Å². The highest BCUT2D eigenvalue weighted by Crippen LogP contribution is 2.13. The second-order valence-corrected chi connectivity index (χ2v) is 5.87. The Bertz CT molecular complexity index is 718. The zero-order valence-corrected chi connectivity index (χ0v) is 14.8. The number of rotatable bonds is 8. The highest BCUT2D eigenvalue weighted by atomic mass is 19.1. The van der Waals surface area contributed by atoms with E-state index in [-0.39, 0.29) is 18.3 Å². The predicted octanol–water partition coefficient (Wildman–Crippen LogP) is 2.74. The fraction of sp³-hybridized carbons (Fsp3) is 0.300. The molecule has 1 amide bonds. The molecule has 0 fully saturated rings. The van der Waals surface area contributed by atoms with Crippen LogP contribution in [0, 0.1) is 11.7 Å². The van der Waals surface area contributed by atoms with Gasteiger partial charge in [-0.15, -0.1) is 0 Å². The number of carbonyl (C=O) groups is 2. The summed E-state index contributed by atoms with van der Waals surface area (Å²) in [6, 6.07) is 14.9. The molecule has 26 heavy (non-hydrogen) atoms. The minimum Gasteiger partial charge on any atom is -0.481 e. The third-order valence-corrected chi connectivity index (χ3v) is 3.88. The molecule has 0 bridgehead atoms. The van der Waals surface area contributed by atoms with E-state index >= 15 is 0 Å². The predicted molar refractivity (Wildman–Crippen MR) is 95.2 cm³/mol. The monoisotopic (exact) mass is 359 g/mol. The number of hydrogen-bond donors (Lipinski definition) is 1. The molecule has 0 aromatic heterocycles. The summed E-state index contributed by atoms with van der Waals surface area (Å²) < 4.78 is 23.4. The molecule has 0 heterocycles. The minimum absolute atomic E-state index is 0.103. The maximum Gasteiger partial charge on any atom is 0.310 e. The van der Waals surface area contributed by atoms with Gasteiger partial charge in [0.1, 0.15) is 11.6 Å². The smallest absolute Gasteiger partial charge is 0.310 e. The van der Waals surface area contributed by atoms with Crippen LogP contribution in [0.2, 0.25) is 0 Å². The maximum absolute atomic E-state index is 13.0. The number of benzene rings is 2. The molecule has 1 N–H and O–H groups in total. The normalized spacial score (nSPS) is 12.7. The van der Waals surface area contributed by atoms with Crippen molar-refractivity contribution < 1.29 is 23.5 Å². The van der Waals surface area contributed by atoms with E-state index in [0.29, 0.717) is 12.2 Å². The Balaban J connectivity index is 1.92. The molecule has 0 spiro atoms. The highest BCUT2D eigenvalue weighted by Gasteiger charge is 2.22. The number of esters is 1. The third-order valence-electron chi connectivity index (χ3n) is 3.88. The first-order valence-corrected chi connectivity index (χ1v) is 8.31. The van der Waals surface area contributed by atoms with Gasteiger partial charge >= 0.3 is 5.97 Å². The lowest BCUT2D eigenvalue weighted by atomic mass is 9.99. The van der Waals surface area contributed by atoms with E-state index in [4.69, 9.17) is 9.47 Å². The Hall–Kier alpha value is -2.89. The number of para-hydroxylation sites is 1. The molecule has 2 aromatic rings. The van der Waals surface area contributed by atoms with Gasteiger partial charge in [0.25, 0.3) is 5.91 Å². The zero-order valence-electron chi connectivity index (χ0n) is 14.8. The standard InChI is InChI=1S/C20H22FNO4/c1-14(26-18-6-4-3-5-7-18)19(23)22-13-16(20(24)25-2)12-15-8-10-17(21)11-9-15/h3-11,14,16H,12-13H2,1-2H3,(H,22,23)/t14-,16-/m1/s1. The number of carbonyl (C=O) groups excluding carboxylic acids is 2. The zero-order chi connectivity index (χ0) is 18.9. The summed E-state index contributed by atoms with van der Waals surface area (Å²) in [5.74, 6) is -1.10. The second-order valence-electron chi connectivity index (χ2n) is 5.87. The first-order chi connectivity index (χ1) is 12.5. The number of hydrogen-bond acceptors (Lipinski definition) is 4. The average molecular weight is 359 g/mol. The van der Waals surface area contributed by atoms with Crippen molar-refractivity contribution in [2.75, 3.05) is 13.7 Å². The highest BCUT2D eigenvalue weighted by molar-refractivity contribution is 5.81. The van der Waals surface area contributed by atoms with E-state index in [1.807, 2.05) is 18.2 Å². The number of nitrogens with one attached hydrogen (secondary N) is 1. The second kappa shape index (κ2) is 9.56. The van der Waals surface area contributed by atoms with Crippen LogP contribution in [0.25, 0.3) is 0 Å². The van der Waals surface area contributed by atoms with Gasteiger partial charge < -0.3 is 14.8 Å². The molecule has 0 aliphatic rings. The molecule has 6 heteroatoms. The molecule has 0 aliphatic heterocycles. The van der Waals surface area contributed by atoms with Crippen LogP contribution in [0.4, 0.5) is 4.39 Å². The summed E-state index contributed by atoms with van der Waals surface area (Å²) in [7, 11) is 1.29. The molecule has 5 nitrogen and oxygen atoms in total. The van der Waals surface area contributed by atoms with Gasteiger partial charge in [0.05, 0.1) is 13.0 Å². The maximum atomic E-state index is 13.0. The van der Waals surface area contributed by atoms with Gasteiger partial charge in [-0.3, -0.25) is 9.59 Å². The summed E-state index contributed by atoms with van der Waals surface area (Å²) >= 11 is 0. The molecule has 0 saturated heterocycles. The summed E-state index contributed by atoms with van der Waals surface area (Å²) in [6.07, 6.45) is -0.372. The van der Waals surface area contributed by atoms with Gasteiger partial charge in [0, 0.05) is 6.54 Å². The van der Waals surface area contributed by atoms with E-state index < -0.39 is 18.0 Å². The Morgan fingerprint density at radius 2 is 1.73 bits per heavy atom. The fourth-order valence-corrected chi connectivity index (χ4v) is 2.43. The summed E-state index contributed by atoms with van der Waals surface area (Å²) in [6.45, 7) is 1.74. The lowest BCUT2D eigenvalue weighted by molar-refractivity contribution is -0.145. The van der Waals surface area contributed by atoms with Crippen LogP contribution in [0.15, 0.2) is 54.6 Å². The fourth-order valence-electron chi connectivity index (χ4n) is 2.43. The van der Waals surface area contributed by atoms with Crippen molar-refractivity contribution in [3.63, 3.8) is 0 Å². The summed E-state index contributed by atoms with van der Waals surface area (Å²) in [5, 5.41) is 2.71. The van der Waals surface area contributed by atoms with Crippen LogP contribution in [0.3, 0.4) is 0 Å². The average Bonchev–Trinajstić information content (AvgIpc) is 2.66. The van der Waals surface area contributed by atoms with Crippen LogP contribution in [0.1, 0.15) is 12.5 Å². The van der Waals surface area contributed by atoms with Gasteiger partial charge in [0.15, 0.2) is 6.10 Å². The largest absolute Gasteiger partial charge is 0.481 e. The van der Waals surface area contributed by atoms with E-state index in [1.165, 1.54) is 19.2 Å². The first kappa shape index (κ1) is 19.4. The SMILES string of the molecule is COC(=O)[C@@H](CNC(=O)[C@@H](C)Oc1ccccc1)Cc1ccc(F)cc1. The number of amides is 1. The van der Waals surface area contributed by atoms with Crippen LogP contribution >= 0.6 is 0 Å². The van der Waals surface area contributed by atoms with E-state index in [9.17, 15) is 14.0 Å². The number of ether oxygens (including phenoxy) is 2. The minimum atomic E-state index is -0.707. The quantitative estimate of drug-likeness (QED) is 0.736. The Kier molecular flexibility index (Phi) is 7.14. The van der Waals surface area contributed by atoms with Gasteiger partial charge in [0.2, 0.25) is 0 Å². The lowest BCUT2D eigenvalue weighted by Gasteiger charge is -2.18. The van der Waals surface area contributed by atoms with Crippen molar-refractivity contribution in [2.24, 2.45) is 5.92 Å². The summed E-state index contributed by atoms with van der Waals surface area (Å²) in [4.78, 5) is 24.2. The first-order valence-electron chi connectivity index (χ1n) is 8.31. The Labute approximate surface area is 152 Å². The molecule has 0 radical (unpaired) electrons. The van der Waals surface area contributed by atoms with E-state index in [1.54, 1.807) is 31.2 Å². The van der Waals surface area contributed by atoms with Gasteiger partial charge in [-0.25, -0.2) is 4.39 Å². The van der Waals surface area contributed by atoms with Crippen molar-refractivity contribution >= 4 is 11.9 Å². The molecule has 0 aliphatic carbocycles. The third kappa shape index (κ3) is 5.88. The van der Waals surface area contributed by atoms with Crippen LogP contribution < -0.4 is 10.1 Å². The Morgan fingerprint density at radius 1 is 1.08 bits per heavy atom. The van der Waals surface area contributed by atoms with Crippen molar-refractivity contribution in [3.8, 4) is 5.75 Å². The number of methoxy groups -OCH3 is 1. The van der Waals surface area contributed by atoms with Gasteiger partial charge in [-0.2, -0.15) is 0 Å². The molecule has 138 valence electrons. The van der Waals surface area contributed by atoms with Crippen molar-refractivity contribution in [3.05, 3.63) is 66.0 Å². The van der Waals surface area contributed by atoms with Crippen molar-refractivity contribution in [1.29, 1.82) is 0 Å². The van der Waals surface area contributed by atoms with Crippen LogP contribution in [-0.4, -0.2) is 31.6 Å². The Morgan fingerprint density at radius 3 is 2.35 bits per heavy atom. The molecule has 2 atom stereocenters. The summed E-state index contributed by atoms with van der Waals surface area (Å²) in [5.41, 5.74) is 0.782. The van der Waals surface area contributed by atoms with Crippen LogP contribution in [0.5, 0.6) is 5.75 Å². The van der Waals surface area contributed by atoms with Crippen LogP contribution in [-0.2, 0) is 20.7 Å². The molecule has 2 rings (SSSR count). The van der Waals surface area contributed by atoms with Gasteiger partial charge in [-0.1, -0.05) is 30.3 Å². The van der Waals surface area contributed by atoms with Gasteiger partial charge in [-0.05, 0) is 43.2 Å². The van der Waals surface area contributed by atoms with Crippen molar-refractivity contribution in [1.82, 2.24) is 5.32 Å². The van der Waals surface area contributed by atoms with E-state index in [2.05, 4.69) is 5.32 Å². The molecular formula is C20H22FNO4. The molecular weight excluding hydrogens is 337 g/mol. The van der Waals surface area contributed by atoms with E-state index in [0.717, 1.165) is 5.56 Å². The molecule has 0 saturated carbocycles. The number of halogens is 1. The molecule has 2 aromatic carbocycles. The molecule has 0 unspecified atom stereocenters.